The van der Waals surface area contributed by atoms with Gasteiger partial charge in [0.2, 0.25) is 0 Å². The van der Waals surface area contributed by atoms with Crippen LogP contribution in [0.25, 0.3) is 0 Å². The smallest absolute Gasteiger partial charge is 0.147 e. The molecule has 0 amide bonds. The van der Waals surface area contributed by atoms with Crippen molar-refractivity contribution in [3.8, 4) is 0 Å². The molecule has 0 saturated carbocycles. The molecule has 1 aliphatic rings. The van der Waals surface area contributed by atoms with Gasteiger partial charge in [-0.05, 0) is 0 Å². The number of hydrogen-bond donors (Lipinski definition) is 0. The van der Waals surface area contributed by atoms with Gasteiger partial charge < -0.3 is 0 Å². The molecule has 0 radical (unpaired) electrons. The van der Waals surface area contributed by atoms with Gasteiger partial charge in [-0.2, -0.15) is 0 Å². The van der Waals surface area contributed by atoms with E-state index in [0.29, 0.717) is 5.92 Å². The van der Waals surface area contributed by atoms with Crippen molar-refractivity contribution in [2.24, 2.45) is 5.92 Å². The minimum Gasteiger partial charge on any atom is -0.147 e. The van der Waals surface area contributed by atoms with Crippen LogP contribution >= 0.6 is 37.2 Å². The second kappa shape index (κ2) is 12.4. The van der Waals surface area contributed by atoms with Crippen molar-refractivity contribution in [2.75, 3.05) is 0 Å². The fourth-order valence-electron chi connectivity index (χ4n) is 4.94. The summed E-state index contributed by atoms with van der Waals surface area (Å²) in [4.78, 5) is 0. The van der Waals surface area contributed by atoms with Gasteiger partial charge >= 0.3 is 186 Å². The number of rotatable bonds is 6. The number of halogens is 3. The van der Waals surface area contributed by atoms with Crippen LogP contribution in [-0.4, -0.2) is 14.0 Å². The predicted octanol–water partition coefficient (Wildman–Crippen LogP) is 8.12. The molecule has 0 spiro atoms. The van der Waals surface area contributed by atoms with E-state index in [4.69, 9.17) is 0 Å². The maximum atomic E-state index is 2.68. The monoisotopic (exact) mass is 554 g/mol. The van der Waals surface area contributed by atoms with Crippen molar-refractivity contribution < 1.29 is 18.4 Å². The molecule has 0 aromatic heterocycles. The van der Waals surface area contributed by atoms with Crippen LogP contribution < -0.4 is 10.4 Å². The van der Waals surface area contributed by atoms with E-state index < -0.39 is 14.0 Å². The molecule has 1 atom stereocenters. The second-order valence-electron chi connectivity index (χ2n) is 10.7. The molecular weight excluding hydrogens is 511 g/mol. The standard InChI is InChI=1S/C16H29Si2.C9H13.3ClH.Ti/c1-12(2)17(13(3)4)15-9-14(5)10-16(11-15)18(6,7)8;1-6-5-7(2)9(4)8(6)3;;;;/h9-13H,1-8H3;6H,1-4H3;3*1H;. The Hall–Kier alpha value is 0.718. The van der Waals surface area contributed by atoms with E-state index in [1.54, 1.807) is 27.1 Å². The average molecular weight is 556 g/mol. The maximum absolute atomic E-state index is 2.68. The third-order valence-corrected chi connectivity index (χ3v) is 26.0. The summed E-state index contributed by atoms with van der Waals surface area (Å²) in [6.45, 7) is 29.6. The van der Waals surface area contributed by atoms with Crippen LogP contribution in [0.3, 0.4) is 0 Å². The van der Waals surface area contributed by atoms with E-state index in [0.717, 1.165) is 11.1 Å². The molecule has 1 unspecified atom stereocenters. The van der Waals surface area contributed by atoms with Gasteiger partial charge in [0.25, 0.3) is 0 Å². The third-order valence-electron chi connectivity index (χ3n) is 7.22. The zero-order valence-corrected chi connectivity index (χ0v) is 27.7. The molecule has 0 saturated heterocycles. The maximum Gasteiger partial charge on any atom is -0.147 e. The van der Waals surface area contributed by atoms with Gasteiger partial charge in [-0.25, -0.2) is 0 Å². The van der Waals surface area contributed by atoms with E-state index in [2.05, 4.69) is 100 Å². The van der Waals surface area contributed by atoms with E-state index >= 15 is 0 Å². The van der Waals surface area contributed by atoms with E-state index in [-0.39, 0.29) is 55.6 Å². The fourth-order valence-corrected chi connectivity index (χ4v) is 20.1. The fraction of sp³-hybridized carbons (Fsp3) is 0.600. The first-order chi connectivity index (χ1) is 12.7. The Morgan fingerprint density at radius 2 is 1.19 bits per heavy atom. The average Bonchev–Trinajstić information content (AvgIpc) is 2.74. The molecule has 31 heavy (non-hydrogen) atoms. The van der Waals surface area contributed by atoms with Gasteiger partial charge in [0.1, 0.15) is 0 Å². The van der Waals surface area contributed by atoms with Crippen LogP contribution in [0.4, 0.5) is 0 Å². The number of aryl methyl sites for hydroxylation is 1. The summed E-state index contributed by atoms with van der Waals surface area (Å²) < 4.78 is 1.86. The van der Waals surface area contributed by atoms with Gasteiger partial charge in [0.15, 0.2) is 0 Å². The van der Waals surface area contributed by atoms with Crippen molar-refractivity contribution in [3.05, 3.63) is 44.4 Å². The number of benzene rings is 1. The molecule has 1 aromatic rings. The largest absolute Gasteiger partial charge is 0.147 e. The van der Waals surface area contributed by atoms with Gasteiger partial charge in [-0.3, -0.25) is 0 Å². The molecule has 0 fully saturated rings. The Bertz CT molecular complexity index is 813. The van der Waals surface area contributed by atoms with Crippen LogP contribution in [0.15, 0.2) is 38.8 Å². The van der Waals surface area contributed by atoms with Crippen molar-refractivity contribution in [1.82, 2.24) is 0 Å². The summed E-state index contributed by atoms with van der Waals surface area (Å²) in [5, 5.41) is 3.42. The van der Waals surface area contributed by atoms with Crippen molar-refractivity contribution in [1.29, 1.82) is 0 Å². The first-order valence-electron chi connectivity index (χ1n) is 11.0. The summed E-state index contributed by atoms with van der Waals surface area (Å²) in [5.41, 5.74) is 7.90. The van der Waals surface area contributed by atoms with E-state index in [1.807, 2.05) is 3.88 Å². The van der Waals surface area contributed by atoms with Gasteiger partial charge in [0.05, 0.1) is 0 Å². The van der Waals surface area contributed by atoms with Crippen LogP contribution in [0.2, 0.25) is 30.7 Å². The normalized spacial score (nSPS) is 16.9. The Morgan fingerprint density at radius 1 is 0.742 bits per heavy atom. The Labute approximate surface area is 221 Å². The molecule has 0 bridgehead atoms. The number of allylic oxidation sites excluding steroid dienone is 4. The first kappa shape index (κ1) is 33.9. The SMILES string of the molecule is CC1=C(C)C(C)[C]([Ti][Si](c2cc(C)cc([Si](C)(C)C)c2)(C(C)C)C(C)C)=C1C.Cl.Cl.Cl. The predicted molar refractivity (Wildman–Crippen MR) is 152 cm³/mol. The summed E-state index contributed by atoms with van der Waals surface area (Å²) in [6, 6.07) is 7.74. The van der Waals surface area contributed by atoms with Crippen LogP contribution in [0.5, 0.6) is 0 Å². The van der Waals surface area contributed by atoms with Crippen LogP contribution in [0.1, 0.15) is 61.0 Å². The van der Waals surface area contributed by atoms with Gasteiger partial charge in [0, 0.05) is 0 Å². The molecule has 0 aliphatic heterocycles. The summed E-state index contributed by atoms with van der Waals surface area (Å²) >= 11 is -0.174. The van der Waals surface area contributed by atoms with Crippen molar-refractivity contribution in [3.63, 3.8) is 0 Å². The minimum atomic E-state index is -1.61. The van der Waals surface area contributed by atoms with E-state index in [1.165, 1.54) is 5.56 Å². The molecule has 178 valence electrons. The quantitative estimate of drug-likeness (QED) is 0.311. The first-order valence-corrected chi connectivity index (χ1v) is 19.8. The number of hydrogen-bond acceptors (Lipinski definition) is 0. The zero-order chi connectivity index (χ0) is 21.6. The summed E-state index contributed by atoms with van der Waals surface area (Å²) in [5.74, 6) is -0.941. The second-order valence-corrected chi connectivity index (χ2v) is 26.5. The van der Waals surface area contributed by atoms with Crippen molar-refractivity contribution >= 4 is 61.6 Å². The molecule has 0 nitrogen and oxygen atoms in total. The van der Waals surface area contributed by atoms with Gasteiger partial charge in [-0.15, -0.1) is 37.2 Å². The van der Waals surface area contributed by atoms with Crippen molar-refractivity contribution in [2.45, 2.75) is 93.0 Å². The summed E-state index contributed by atoms with van der Waals surface area (Å²) in [7, 11) is -1.32. The molecule has 1 aliphatic carbocycles. The Morgan fingerprint density at radius 3 is 1.55 bits per heavy atom. The van der Waals surface area contributed by atoms with Crippen LogP contribution in [-0.2, 0) is 18.4 Å². The minimum absolute atomic E-state index is 0. The van der Waals surface area contributed by atoms with E-state index in [9.17, 15) is 0 Å². The topological polar surface area (TPSA) is 0 Å². The zero-order valence-electron chi connectivity index (χ0n) is 21.7. The Kier molecular flexibility index (Phi) is 13.6. The summed E-state index contributed by atoms with van der Waals surface area (Å²) in [6.07, 6.45) is 0. The van der Waals surface area contributed by atoms with Crippen LogP contribution in [0, 0.1) is 12.8 Å². The molecule has 1 aromatic carbocycles. The molecule has 0 heterocycles. The third kappa shape index (κ3) is 6.65. The molecular formula is C25H45Cl3Si2Ti. The molecule has 0 N–H and O–H groups in total. The Balaban J connectivity index is 0. The molecule has 2 rings (SSSR count). The molecule has 6 heteroatoms. The van der Waals surface area contributed by atoms with Gasteiger partial charge in [-0.1, -0.05) is 0 Å².